The summed E-state index contributed by atoms with van der Waals surface area (Å²) in [6.45, 7) is 9.73. The number of hydrogen-bond donors (Lipinski definition) is 1. The highest BCUT2D eigenvalue weighted by Crippen LogP contribution is 2.31. The van der Waals surface area contributed by atoms with Gasteiger partial charge >= 0.3 is 0 Å². The van der Waals surface area contributed by atoms with E-state index in [0.717, 1.165) is 28.1 Å². The quantitative estimate of drug-likeness (QED) is 0.617. The molecule has 1 N–H and O–H groups in total. The van der Waals surface area contributed by atoms with E-state index in [4.69, 9.17) is 9.05 Å². The number of para-hydroxylation sites is 1. The summed E-state index contributed by atoms with van der Waals surface area (Å²) in [4.78, 5) is 17.0. The third-order valence-corrected chi connectivity index (χ3v) is 5.35. The Labute approximate surface area is 168 Å². The van der Waals surface area contributed by atoms with Crippen LogP contribution in [0.15, 0.2) is 27.2 Å². The zero-order valence-corrected chi connectivity index (χ0v) is 17.5. The molecule has 0 spiro atoms. The third-order valence-electron chi connectivity index (χ3n) is 4.39. The van der Waals surface area contributed by atoms with Crippen molar-refractivity contribution in [3.8, 4) is 11.5 Å². The van der Waals surface area contributed by atoms with E-state index in [0.29, 0.717) is 28.9 Å². The van der Waals surface area contributed by atoms with E-state index >= 15 is 0 Å². The zero-order chi connectivity index (χ0) is 20.3. The van der Waals surface area contributed by atoms with E-state index in [9.17, 15) is 4.79 Å². The van der Waals surface area contributed by atoms with Crippen molar-refractivity contribution in [1.29, 1.82) is 0 Å². The van der Waals surface area contributed by atoms with Crippen molar-refractivity contribution in [2.75, 3.05) is 11.1 Å². The van der Waals surface area contributed by atoms with E-state index in [1.165, 1.54) is 11.8 Å². The van der Waals surface area contributed by atoms with Crippen molar-refractivity contribution in [2.45, 2.75) is 46.3 Å². The predicted octanol–water partition coefficient (Wildman–Crippen LogP) is 4.65. The minimum absolute atomic E-state index is 0.0871. The average Bonchev–Trinajstić information content (AvgIpc) is 3.26. The second-order valence-corrected chi connectivity index (χ2v) is 7.94. The first-order valence-electron chi connectivity index (χ1n) is 9.09. The van der Waals surface area contributed by atoms with Gasteiger partial charge in [-0.15, -0.1) is 11.8 Å². The van der Waals surface area contributed by atoms with Gasteiger partial charge in [-0.2, -0.15) is 4.98 Å². The molecule has 0 aliphatic heterocycles. The molecule has 0 atom stereocenters. The molecule has 2 aromatic heterocycles. The highest BCUT2D eigenvalue weighted by atomic mass is 32.2. The number of anilines is 1. The van der Waals surface area contributed by atoms with Crippen molar-refractivity contribution in [2.24, 2.45) is 0 Å². The Balaban J connectivity index is 1.70. The maximum Gasteiger partial charge on any atom is 0.260 e. The third kappa shape index (κ3) is 4.44. The first-order chi connectivity index (χ1) is 13.4. The number of amides is 1. The summed E-state index contributed by atoms with van der Waals surface area (Å²) in [6, 6.07) is 5.72. The van der Waals surface area contributed by atoms with Gasteiger partial charge in [-0.3, -0.25) is 4.79 Å². The van der Waals surface area contributed by atoms with Crippen LogP contribution < -0.4 is 5.32 Å². The van der Waals surface area contributed by atoms with Crippen LogP contribution in [0.25, 0.3) is 11.5 Å². The molecule has 0 radical (unpaired) electrons. The number of benzene rings is 1. The van der Waals surface area contributed by atoms with Crippen molar-refractivity contribution in [3.63, 3.8) is 0 Å². The molecule has 0 saturated heterocycles. The molecule has 0 saturated carbocycles. The van der Waals surface area contributed by atoms with Crippen LogP contribution in [0.3, 0.4) is 0 Å². The van der Waals surface area contributed by atoms with Crippen LogP contribution in [-0.4, -0.2) is 27.0 Å². The highest BCUT2D eigenvalue weighted by molar-refractivity contribution is 7.99. The number of hydrogen-bond acceptors (Lipinski definition) is 7. The number of carbonyl (C=O) groups excluding carboxylic acids is 1. The monoisotopic (exact) mass is 400 g/mol. The molecule has 8 heteroatoms. The van der Waals surface area contributed by atoms with Crippen LogP contribution in [0.4, 0.5) is 5.69 Å². The molecule has 1 aromatic carbocycles. The van der Waals surface area contributed by atoms with E-state index < -0.39 is 0 Å². The second-order valence-electron chi connectivity index (χ2n) is 6.95. The van der Waals surface area contributed by atoms with Gasteiger partial charge in [0.2, 0.25) is 5.91 Å². The van der Waals surface area contributed by atoms with Crippen molar-refractivity contribution < 1.29 is 13.8 Å². The predicted molar refractivity (Wildman–Crippen MR) is 109 cm³/mol. The smallest absolute Gasteiger partial charge is 0.260 e. The molecule has 0 unspecified atom stereocenters. The lowest BCUT2D eigenvalue weighted by atomic mass is 10.1. The Hall–Kier alpha value is -2.61. The Morgan fingerprint density at radius 2 is 1.96 bits per heavy atom. The summed E-state index contributed by atoms with van der Waals surface area (Å²) < 4.78 is 10.6. The second kappa shape index (κ2) is 8.60. The number of thioether (sulfide) groups is 1. The van der Waals surface area contributed by atoms with Crippen LogP contribution in [0.2, 0.25) is 0 Å². The molecule has 0 fully saturated rings. The highest BCUT2D eigenvalue weighted by Gasteiger charge is 2.18. The van der Waals surface area contributed by atoms with Gasteiger partial charge in [0.1, 0.15) is 5.76 Å². The van der Waals surface area contributed by atoms with E-state index in [1.54, 1.807) is 0 Å². The van der Waals surface area contributed by atoms with Gasteiger partial charge in [-0.05, 0) is 32.4 Å². The van der Waals surface area contributed by atoms with Crippen LogP contribution in [-0.2, 0) is 10.5 Å². The van der Waals surface area contributed by atoms with Crippen LogP contribution in [0.1, 0.15) is 48.2 Å². The molecule has 7 nitrogen and oxygen atoms in total. The van der Waals surface area contributed by atoms with E-state index in [1.807, 2.05) is 52.8 Å². The fourth-order valence-corrected chi connectivity index (χ4v) is 3.70. The normalized spacial score (nSPS) is 11.2. The van der Waals surface area contributed by atoms with Gasteiger partial charge in [0.05, 0.1) is 22.7 Å². The van der Waals surface area contributed by atoms with Crippen LogP contribution >= 0.6 is 11.8 Å². The minimum Gasteiger partial charge on any atom is -0.361 e. The fraction of sp³-hybridized carbons (Fsp3) is 0.400. The number of carbonyl (C=O) groups is 1. The van der Waals surface area contributed by atoms with Gasteiger partial charge in [0.25, 0.3) is 5.89 Å². The molecule has 3 aromatic rings. The summed E-state index contributed by atoms with van der Waals surface area (Å²) in [7, 11) is 0. The van der Waals surface area contributed by atoms with Gasteiger partial charge in [-0.1, -0.05) is 36.3 Å². The summed E-state index contributed by atoms with van der Waals surface area (Å²) in [5.41, 5.74) is 4.27. The lowest BCUT2D eigenvalue weighted by Gasteiger charge is -2.11. The van der Waals surface area contributed by atoms with Gasteiger partial charge in [0.15, 0.2) is 5.82 Å². The molecule has 1 amide bonds. The summed E-state index contributed by atoms with van der Waals surface area (Å²) >= 11 is 1.52. The number of nitrogens with one attached hydrogen (secondary N) is 1. The Morgan fingerprint density at radius 1 is 1.18 bits per heavy atom. The Kier molecular flexibility index (Phi) is 6.18. The van der Waals surface area contributed by atoms with Crippen molar-refractivity contribution >= 4 is 23.4 Å². The molecule has 0 aliphatic carbocycles. The van der Waals surface area contributed by atoms with E-state index in [2.05, 4.69) is 20.6 Å². The zero-order valence-electron chi connectivity index (χ0n) is 16.7. The SMILES string of the molecule is Cc1cccc(-c2nc(C(C)C)no2)c1NC(=O)CSCc1c(C)noc1C. The van der Waals surface area contributed by atoms with Crippen LogP contribution in [0.5, 0.6) is 0 Å². The molecule has 2 heterocycles. The molecule has 28 heavy (non-hydrogen) atoms. The first kappa shape index (κ1) is 20.1. The summed E-state index contributed by atoms with van der Waals surface area (Å²) in [5, 5.41) is 11.0. The van der Waals surface area contributed by atoms with Crippen molar-refractivity contribution in [1.82, 2.24) is 15.3 Å². The Bertz CT molecular complexity index is 958. The number of nitrogens with zero attached hydrogens (tertiary/aromatic N) is 3. The molecule has 0 bridgehead atoms. The van der Waals surface area contributed by atoms with Gasteiger partial charge in [0, 0.05) is 17.2 Å². The standard InChI is InChI=1S/C20H24N4O3S/c1-11(2)19-22-20(27-24-19)15-8-6-7-12(3)18(15)21-17(25)10-28-9-16-13(4)23-26-14(16)5/h6-8,11H,9-10H2,1-5H3,(H,21,25). The maximum absolute atomic E-state index is 12.5. The number of rotatable bonds is 7. The fourth-order valence-electron chi connectivity index (χ4n) is 2.72. The van der Waals surface area contributed by atoms with Gasteiger partial charge < -0.3 is 14.4 Å². The molecule has 0 aliphatic rings. The topological polar surface area (TPSA) is 94.1 Å². The molecule has 3 rings (SSSR count). The lowest BCUT2D eigenvalue weighted by molar-refractivity contribution is -0.113. The molecule has 148 valence electrons. The minimum atomic E-state index is -0.0871. The van der Waals surface area contributed by atoms with Crippen LogP contribution in [0, 0.1) is 20.8 Å². The maximum atomic E-state index is 12.5. The number of aromatic nitrogens is 3. The van der Waals surface area contributed by atoms with Crippen molar-refractivity contribution in [3.05, 3.63) is 46.6 Å². The molecular weight excluding hydrogens is 376 g/mol. The molecular formula is C20H24N4O3S. The largest absolute Gasteiger partial charge is 0.361 e. The Morgan fingerprint density at radius 3 is 2.61 bits per heavy atom. The first-order valence-corrected chi connectivity index (χ1v) is 10.2. The van der Waals surface area contributed by atoms with E-state index in [-0.39, 0.29) is 11.8 Å². The number of aryl methyl sites for hydroxylation is 3. The summed E-state index contributed by atoms with van der Waals surface area (Å²) in [5.74, 6) is 2.92. The average molecular weight is 401 g/mol. The lowest BCUT2D eigenvalue weighted by Crippen LogP contribution is -2.16. The van der Waals surface area contributed by atoms with Gasteiger partial charge in [-0.25, -0.2) is 0 Å². The summed E-state index contributed by atoms with van der Waals surface area (Å²) in [6.07, 6.45) is 0.